The number of carbonyl (C=O) groups is 1. The molecule has 34 heavy (non-hydrogen) atoms. The molecule has 0 amide bonds. The molecule has 0 saturated carbocycles. The van der Waals surface area contributed by atoms with Crippen molar-refractivity contribution in [1.82, 2.24) is 0 Å². The van der Waals surface area contributed by atoms with Gasteiger partial charge in [0.05, 0.1) is 0 Å². The van der Waals surface area contributed by atoms with E-state index in [4.69, 9.17) is 19.0 Å². The molecule has 4 rings (SSSR count). The lowest BCUT2D eigenvalue weighted by molar-refractivity contribution is -0.144. The molecule has 0 fully saturated rings. The van der Waals surface area contributed by atoms with Crippen LogP contribution in [0.1, 0.15) is 29.4 Å². The van der Waals surface area contributed by atoms with Gasteiger partial charge in [-0.25, -0.2) is 4.79 Å². The summed E-state index contributed by atoms with van der Waals surface area (Å²) in [4.78, 5) is 11.1. The van der Waals surface area contributed by atoms with Crippen LogP contribution in [-0.2, 0) is 4.79 Å². The van der Waals surface area contributed by atoms with Gasteiger partial charge in [0.2, 0.25) is 0 Å². The third-order valence-electron chi connectivity index (χ3n) is 5.44. The molecule has 1 N–H and O–H groups in total. The van der Waals surface area contributed by atoms with Crippen LogP contribution < -0.4 is 9.47 Å². The second-order valence-electron chi connectivity index (χ2n) is 8.07. The first kappa shape index (κ1) is 23.9. The lowest BCUT2D eigenvalue weighted by Crippen LogP contribution is -2.23. The lowest BCUT2D eigenvalue weighted by atomic mass is 9.97. The minimum atomic E-state index is -1.00. The molecular formula is C28H25IO5. The highest BCUT2D eigenvalue weighted by Crippen LogP contribution is 2.29. The molecule has 174 valence electrons. The molecule has 0 aliphatic carbocycles. The van der Waals surface area contributed by atoms with Crippen LogP contribution in [0.15, 0.2) is 77.2 Å². The number of hydrogen-bond acceptors (Lipinski definition) is 4. The lowest BCUT2D eigenvalue weighted by Gasteiger charge is -2.14. The summed E-state index contributed by atoms with van der Waals surface area (Å²) < 4.78 is 18.4. The van der Waals surface area contributed by atoms with Crippen LogP contribution in [0.2, 0.25) is 0 Å². The van der Waals surface area contributed by atoms with Crippen molar-refractivity contribution in [3.63, 3.8) is 0 Å². The van der Waals surface area contributed by atoms with E-state index in [9.17, 15) is 4.79 Å². The average molecular weight is 568 g/mol. The van der Waals surface area contributed by atoms with Gasteiger partial charge < -0.3 is 19.0 Å². The minimum Gasteiger partial charge on any atom is -0.489 e. The summed E-state index contributed by atoms with van der Waals surface area (Å²) in [6.45, 7) is 5.69. The highest BCUT2D eigenvalue weighted by atomic mass is 127. The van der Waals surface area contributed by atoms with E-state index in [2.05, 4.69) is 65.1 Å². The first-order valence-electron chi connectivity index (χ1n) is 10.9. The Hall–Kier alpha value is -3.26. The maximum Gasteiger partial charge on any atom is 0.344 e. The summed E-state index contributed by atoms with van der Waals surface area (Å²) in [6, 6.07) is 22.0. The Kier molecular flexibility index (Phi) is 7.26. The number of ether oxygens (including phenoxy) is 2. The van der Waals surface area contributed by atoms with Gasteiger partial charge in [0, 0.05) is 8.96 Å². The third kappa shape index (κ3) is 5.62. The summed E-state index contributed by atoms with van der Waals surface area (Å²) in [5.41, 5.74) is 4.94. The van der Waals surface area contributed by atoms with Crippen LogP contribution in [0, 0.1) is 17.4 Å². The molecule has 6 heteroatoms. The molecule has 4 aromatic rings. The predicted octanol–water partition coefficient (Wildman–Crippen LogP) is 7.02. The zero-order valence-corrected chi connectivity index (χ0v) is 21.3. The second kappa shape index (κ2) is 10.3. The van der Waals surface area contributed by atoms with Gasteiger partial charge >= 0.3 is 5.97 Å². The van der Waals surface area contributed by atoms with Gasteiger partial charge in [0.1, 0.15) is 29.4 Å². The Bertz CT molecular complexity index is 1350. The maximum absolute atomic E-state index is 11.1. The first-order valence-corrected chi connectivity index (χ1v) is 12.0. The van der Waals surface area contributed by atoms with Crippen molar-refractivity contribution < 1.29 is 23.8 Å². The van der Waals surface area contributed by atoms with Crippen LogP contribution in [0.5, 0.6) is 11.5 Å². The van der Waals surface area contributed by atoms with E-state index in [0.717, 1.165) is 39.0 Å². The van der Waals surface area contributed by atoms with Crippen molar-refractivity contribution >= 4 is 45.1 Å². The van der Waals surface area contributed by atoms with Crippen molar-refractivity contribution in [3.8, 4) is 11.5 Å². The average Bonchev–Trinajstić information content (AvgIpc) is 3.18. The van der Waals surface area contributed by atoms with Crippen molar-refractivity contribution in [2.24, 2.45) is 0 Å². The first-order chi connectivity index (χ1) is 16.3. The molecule has 0 radical (unpaired) electrons. The summed E-state index contributed by atoms with van der Waals surface area (Å²) in [7, 11) is 0. The van der Waals surface area contributed by atoms with Crippen molar-refractivity contribution in [2.45, 2.75) is 26.9 Å². The third-order valence-corrected chi connectivity index (χ3v) is 6.16. The highest BCUT2D eigenvalue weighted by molar-refractivity contribution is 14.1. The van der Waals surface area contributed by atoms with Gasteiger partial charge in [0.15, 0.2) is 6.10 Å². The summed E-state index contributed by atoms with van der Waals surface area (Å²) >= 11 is 2.30. The number of carboxylic acids is 1. The second-order valence-corrected chi connectivity index (χ2v) is 9.32. The monoisotopic (exact) mass is 568 g/mol. The standard InChI is InChI=1S/C28H25IO5/c1-17-14-24(9-11-26(17)34-19(3)28(30)31)32-13-12-25(20-4-7-23(29)8-5-20)21-6-10-27-22(16-21)15-18(2)33-27/h4-12,14-16,19H,13H2,1-3H3,(H,30,31). The molecule has 0 bridgehead atoms. The molecular weight excluding hydrogens is 543 g/mol. The SMILES string of the molecule is Cc1cc2cc(C(=CCOc3ccc(OC(C)C(=O)O)c(C)c3)c3ccc(I)cc3)ccc2o1. The highest BCUT2D eigenvalue weighted by Gasteiger charge is 2.14. The molecule has 0 saturated heterocycles. The van der Waals surface area contributed by atoms with Gasteiger partial charge in [-0.3, -0.25) is 0 Å². The van der Waals surface area contributed by atoms with Gasteiger partial charge in [-0.1, -0.05) is 18.2 Å². The quantitative estimate of drug-likeness (QED) is 0.232. The molecule has 0 spiro atoms. The number of halogens is 1. The molecule has 1 heterocycles. The number of carboxylic acid groups (broad SMARTS) is 1. The van der Waals surface area contributed by atoms with Crippen molar-refractivity contribution in [1.29, 1.82) is 0 Å². The molecule has 0 aliphatic heterocycles. The van der Waals surface area contributed by atoms with Gasteiger partial charge in [-0.05, 0) is 120 Å². The predicted molar refractivity (Wildman–Crippen MR) is 142 cm³/mol. The number of furan rings is 1. The van der Waals surface area contributed by atoms with Crippen LogP contribution in [0.3, 0.4) is 0 Å². The number of hydrogen-bond donors (Lipinski definition) is 1. The number of aliphatic carboxylic acids is 1. The Balaban J connectivity index is 1.57. The molecule has 0 aliphatic rings. The fraction of sp³-hybridized carbons (Fsp3) is 0.179. The number of rotatable bonds is 8. The topological polar surface area (TPSA) is 68.9 Å². The minimum absolute atomic E-state index is 0.370. The number of fused-ring (bicyclic) bond motifs is 1. The Labute approximate surface area is 212 Å². The van der Waals surface area contributed by atoms with E-state index in [0.29, 0.717) is 18.1 Å². The molecule has 3 aromatic carbocycles. The fourth-order valence-electron chi connectivity index (χ4n) is 3.68. The molecule has 1 atom stereocenters. The van der Waals surface area contributed by atoms with E-state index in [1.54, 1.807) is 12.1 Å². The van der Waals surface area contributed by atoms with Crippen LogP contribution in [-0.4, -0.2) is 23.8 Å². The number of benzene rings is 3. The Morgan fingerprint density at radius 1 is 1.03 bits per heavy atom. The zero-order valence-electron chi connectivity index (χ0n) is 19.2. The zero-order chi connectivity index (χ0) is 24.2. The van der Waals surface area contributed by atoms with Crippen molar-refractivity contribution in [3.05, 3.63) is 98.8 Å². The molecule has 5 nitrogen and oxygen atoms in total. The summed E-state index contributed by atoms with van der Waals surface area (Å²) in [5, 5.41) is 10.1. The van der Waals surface area contributed by atoms with Gasteiger partial charge in [-0.15, -0.1) is 0 Å². The smallest absolute Gasteiger partial charge is 0.344 e. The van der Waals surface area contributed by atoms with E-state index >= 15 is 0 Å². The fourth-order valence-corrected chi connectivity index (χ4v) is 4.04. The number of aryl methyl sites for hydroxylation is 2. The molecule has 1 aromatic heterocycles. The van der Waals surface area contributed by atoms with Gasteiger partial charge in [0.25, 0.3) is 0 Å². The van der Waals surface area contributed by atoms with E-state index in [-0.39, 0.29) is 0 Å². The van der Waals surface area contributed by atoms with Gasteiger partial charge in [-0.2, -0.15) is 0 Å². The Morgan fingerprint density at radius 2 is 1.76 bits per heavy atom. The molecule has 1 unspecified atom stereocenters. The van der Waals surface area contributed by atoms with Crippen LogP contribution in [0.4, 0.5) is 0 Å². The van der Waals surface area contributed by atoms with E-state index in [1.165, 1.54) is 10.5 Å². The van der Waals surface area contributed by atoms with E-state index in [1.807, 2.05) is 32.0 Å². The van der Waals surface area contributed by atoms with Crippen LogP contribution >= 0.6 is 22.6 Å². The summed E-state index contributed by atoms with van der Waals surface area (Å²) in [5.74, 6) is 1.10. The largest absolute Gasteiger partial charge is 0.489 e. The van der Waals surface area contributed by atoms with E-state index < -0.39 is 12.1 Å². The Morgan fingerprint density at radius 3 is 2.47 bits per heavy atom. The maximum atomic E-state index is 11.1. The van der Waals surface area contributed by atoms with Crippen LogP contribution in [0.25, 0.3) is 16.5 Å². The summed E-state index contributed by atoms with van der Waals surface area (Å²) in [6.07, 6.45) is 1.16. The van der Waals surface area contributed by atoms with Crippen molar-refractivity contribution in [2.75, 3.05) is 6.61 Å². The normalized spacial score (nSPS) is 12.5.